The Balaban J connectivity index is 1.23. The summed E-state index contributed by atoms with van der Waals surface area (Å²) in [6.45, 7) is 6.73. The summed E-state index contributed by atoms with van der Waals surface area (Å²) >= 11 is 1.55. The molecule has 3 aliphatic heterocycles. The average molecular weight is 420 g/mol. The van der Waals surface area contributed by atoms with Crippen molar-refractivity contribution >= 4 is 30.0 Å². The van der Waals surface area contributed by atoms with Crippen LogP contribution in [0.2, 0.25) is 0 Å². The van der Waals surface area contributed by atoms with Crippen LogP contribution in [0.15, 0.2) is 23.7 Å². The Morgan fingerprint density at radius 3 is 2.83 bits per heavy atom. The Hall–Kier alpha value is -2.03. The fraction of sp³-hybridized carbons (Fsp3) is 0.700. The number of β-lactam (4-membered cyclic amide) rings is 1. The van der Waals surface area contributed by atoms with E-state index < -0.39 is 22.8 Å². The molecule has 3 fully saturated rings. The third kappa shape index (κ3) is 4.01. The van der Waals surface area contributed by atoms with Crippen LogP contribution in [0.5, 0.6) is 0 Å². The van der Waals surface area contributed by atoms with Crippen LogP contribution in [0, 0.1) is 5.92 Å². The zero-order valence-corrected chi connectivity index (χ0v) is 17.8. The van der Waals surface area contributed by atoms with Crippen LogP contribution in [0.1, 0.15) is 39.5 Å². The number of aromatic nitrogens is 2. The highest BCUT2D eigenvalue weighted by Gasteiger charge is 2.63. The van der Waals surface area contributed by atoms with Crippen molar-refractivity contribution in [3.05, 3.63) is 18.7 Å². The van der Waals surface area contributed by atoms with Gasteiger partial charge in [0.05, 0.1) is 12.7 Å². The van der Waals surface area contributed by atoms with Gasteiger partial charge in [-0.05, 0) is 45.4 Å². The largest absolute Gasteiger partial charge is 0.480 e. The molecular weight excluding hydrogens is 390 g/mol. The molecule has 9 heteroatoms. The highest BCUT2D eigenvalue weighted by Crippen LogP contribution is 2.51. The molecule has 1 aromatic heterocycles. The first-order chi connectivity index (χ1) is 13.9. The lowest BCUT2D eigenvalue weighted by Crippen LogP contribution is -2.65. The van der Waals surface area contributed by atoms with E-state index in [0.29, 0.717) is 0 Å². The number of hydrogen-bond donors (Lipinski definition) is 1. The molecule has 1 amide bonds. The number of carbonyl (C=O) groups is 2. The molecule has 3 saturated heterocycles. The van der Waals surface area contributed by atoms with Crippen molar-refractivity contribution in [1.82, 2.24) is 19.4 Å². The predicted octanol–water partition coefficient (Wildman–Crippen LogP) is 1.92. The number of fused-ring (bicyclic) bond motifs is 1. The number of rotatable bonds is 7. The Kier molecular flexibility index (Phi) is 5.59. The van der Waals surface area contributed by atoms with Gasteiger partial charge in [-0.1, -0.05) is 0 Å². The first kappa shape index (κ1) is 20.3. The van der Waals surface area contributed by atoms with E-state index in [1.54, 1.807) is 11.8 Å². The SMILES string of the molecule is CC1(C)SC2C(N=CN3CCC(CCCn4ccnc4)CC3)C(=O)N2[C@H]1C(=O)O. The number of imidazole rings is 1. The summed E-state index contributed by atoms with van der Waals surface area (Å²) in [6.07, 6.45) is 12.2. The van der Waals surface area contributed by atoms with Crippen LogP contribution in [0.25, 0.3) is 0 Å². The van der Waals surface area contributed by atoms with Crippen LogP contribution >= 0.6 is 11.8 Å². The number of amides is 1. The second kappa shape index (κ2) is 8.01. The van der Waals surface area contributed by atoms with Crippen molar-refractivity contribution in [2.24, 2.45) is 10.9 Å². The summed E-state index contributed by atoms with van der Waals surface area (Å²) in [5.41, 5.74) is 0. The highest BCUT2D eigenvalue weighted by molar-refractivity contribution is 8.01. The molecule has 0 spiro atoms. The van der Waals surface area contributed by atoms with Gasteiger partial charge in [0.1, 0.15) is 11.4 Å². The third-order valence-electron chi connectivity index (χ3n) is 6.27. The molecule has 158 valence electrons. The average Bonchev–Trinajstić information content (AvgIpc) is 3.27. The van der Waals surface area contributed by atoms with Crippen molar-refractivity contribution in [3.63, 3.8) is 0 Å². The molecule has 0 aliphatic carbocycles. The molecule has 1 N–H and O–H groups in total. The molecular formula is C20H29N5O3S. The number of nitrogens with zero attached hydrogens (tertiary/aromatic N) is 5. The molecule has 4 heterocycles. The van der Waals surface area contributed by atoms with Gasteiger partial charge in [0, 0.05) is 36.8 Å². The lowest BCUT2D eigenvalue weighted by Gasteiger charge is -2.41. The lowest BCUT2D eigenvalue weighted by molar-refractivity contribution is -0.158. The van der Waals surface area contributed by atoms with Gasteiger partial charge in [-0.2, -0.15) is 0 Å². The maximum absolute atomic E-state index is 12.5. The first-order valence-corrected chi connectivity index (χ1v) is 11.2. The number of hydrogen-bond acceptors (Lipinski definition) is 5. The summed E-state index contributed by atoms with van der Waals surface area (Å²) in [4.78, 5) is 36.4. The number of carboxylic acids is 1. The molecule has 3 atom stereocenters. The second-order valence-electron chi connectivity index (χ2n) is 8.73. The van der Waals surface area contributed by atoms with Crippen LogP contribution in [0.3, 0.4) is 0 Å². The third-order valence-corrected chi connectivity index (χ3v) is 7.83. The quantitative estimate of drug-likeness (QED) is 0.412. The molecule has 0 saturated carbocycles. The molecule has 0 radical (unpaired) electrons. The topological polar surface area (TPSA) is 91.0 Å². The van der Waals surface area contributed by atoms with Gasteiger partial charge in [0.25, 0.3) is 5.91 Å². The highest BCUT2D eigenvalue weighted by atomic mass is 32.2. The summed E-state index contributed by atoms with van der Waals surface area (Å²) < 4.78 is 1.63. The molecule has 4 rings (SSSR count). The number of aliphatic carboxylic acids is 1. The molecule has 2 unspecified atom stereocenters. The summed E-state index contributed by atoms with van der Waals surface area (Å²) in [5.74, 6) is -0.353. The fourth-order valence-electron chi connectivity index (χ4n) is 4.63. The molecule has 1 aromatic rings. The Morgan fingerprint density at radius 1 is 1.41 bits per heavy atom. The van der Waals surface area contributed by atoms with Crippen molar-refractivity contribution in [2.45, 2.75) is 68.3 Å². The monoisotopic (exact) mass is 419 g/mol. The van der Waals surface area contributed by atoms with Crippen molar-refractivity contribution in [1.29, 1.82) is 0 Å². The maximum Gasteiger partial charge on any atom is 0.327 e. The Labute approximate surface area is 175 Å². The van der Waals surface area contributed by atoms with E-state index in [-0.39, 0.29) is 11.3 Å². The standard InChI is InChI=1S/C20H29N5O3S/c1-20(2)16(19(27)28)25-17(26)15(18(25)29-20)22-13-24-9-5-14(6-10-24)4-3-8-23-11-7-21-12-23/h7,11-16,18H,3-6,8-10H2,1-2H3,(H,27,28)/t15?,16-,18?/m0/s1. The number of carboxylic acid groups (broad SMARTS) is 1. The summed E-state index contributed by atoms with van der Waals surface area (Å²) in [7, 11) is 0. The van der Waals surface area contributed by atoms with Crippen LogP contribution in [-0.2, 0) is 16.1 Å². The Morgan fingerprint density at radius 2 is 2.17 bits per heavy atom. The fourth-order valence-corrected chi connectivity index (χ4v) is 6.26. The first-order valence-electron chi connectivity index (χ1n) is 10.3. The van der Waals surface area contributed by atoms with Gasteiger partial charge < -0.3 is 19.5 Å². The number of aliphatic imine (C=N–C) groups is 1. The zero-order chi connectivity index (χ0) is 20.6. The van der Waals surface area contributed by atoms with Gasteiger partial charge in [-0.25, -0.2) is 9.78 Å². The van der Waals surface area contributed by atoms with Crippen LogP contribution in [0.4, 0.5) is 0 Å². The minimum absolute atomic E-state index is 0.157. The normalized spacial score (nSPS) is 29.3. The number of piperidine rings is 1. The molecule has 3 aliphatic rings. The van der Waals surface area contributed by atoms with Crippen LogP contribution < -0.4 is 0 Å². The Bertz CT molecular complexity index is 773. The predicted molar refractivity (Wildman–Crippen MR) is 112 cm³/mol. The number of carbonyl (C=O) groups excluding carboxylic acids is 1. The van der Waals surface area contributed by atoms with E-state index >= 15 is 0 Å². The minimum atomic E-state index is -0.934. The summed E-state index contributed by atoms with van der Waals surface area (Å²) in [5, 5.41) is 9.33. The van der Waals surface area contributed by atoms with E-state index in [1.807, 2.05) is 38.9 Å². The van der Waals surface area contributed by atoms with Crippen LogP contribution in [-0.4, -0.2) is 78.0 Å². The summed E-state index contributed by atoms with van der Waals surface area (Å²) in [6, 6.07) is -1.22. The van der Waals surface area contributed by atoms with E-state index in [0.717, 1.165) is 38.4 Å². The van der Waals surface area contributed by atoms with E-state index in [2.05, 4.69) is 19.4 Å². The van der Waals surface area contributed by atoms with Gasteiger partial charge in [0.15, 0.2) is 6.04 Å². The van der Waals surface area contributed by atoms with Crippen molar-refractivity contribution in [3.8, 4) is 0 Å². The molecule has 8 nitrogen and oxygen atoms in total. The maximum atomic E-state index is 12.5. The molecule has 0 aromatic carbocycles. The number of likely N-dealkylation sites (tertiary alicyclic amines) is 1. The number of aryl methyl sites for hydroxylation is 1. The minimum Gasteiger partial charge on any atom is -0.480 e. The van der Waals surface area contributed by atoms with Gasteiger partial charge in [0.2, 0.25) is 0 Å². The second-order valence-corrected chi connectivity index (χ2v) is 10.5. The van der Waals surface area contributed by atoms with E-state index in [1.165, 1.54) is 17.7 Å². The van der Waals surface area contributed by atoms with Gasteiger partial charge >= 0.3 is 5.97 Å². The van der Waals surface area contributed by atoms with Crippen molar-refractivity contribution < 1.29 is 14.7 Å². The smallest absolute Gasteiger partial charge is 0.327 e. The van der Waals surface area contributed by atoms with E-state index in [9.17, 15) is 14.7 Å². The van der Waals surface area contributed by atoms with Gasteiger partial charge in [-0.3, -0.25) is 9.79 Å². The number of thioether (sulfide) groups is 1. The molecule has 0 bridgehead atoms. The van der Waals surface area contributed by atoms with Crippen molar-refractivity contribution in [2.75, 3.05) is 13.1 Å². The lowest BCUT2D eigenvalue weighted by atomic mass is 9.92. The van der Waals surface area contributed by atoms with E-state index in [4.69, 9.17) is 0 Å². The zero-order valence-electron chi connectivity index (χ0n) is 17.0. The molecule has 29 heavy (non-hydrogen) atoms. The van der Waals surface area contributed by atoms with Gasteiger partial charge in [-0.15, -0.1) is 11.8 Å².